The summed E-state index contributed by atoms with van der Waals surface area (Å²) in [4.78, 5) is 7.07. The topological polar surface area (TPSA) is 69.1 Å². The Kier molecular flexibility index (Phi) is 2.35. The molecular formula is C9H10F3N5. The van der Waals surface area contributed by atoms with Crippen LogP contribution in [0.25, 0.3) is 5.78 Å². The molecule has 2 rings (SSSR count). The van der Waals surface area contributed by atoms with Gasteiger partial charge in [-0.1, -0.05) is 0 Å². The molecule has 0 saturated heterocycles. The first-order valence-corrected chi connectivity index (χ1v) is 4.77. The lowest BCUT2D eigenvalue weighted by atomic mass is 9.99. The number of aromatic nitrogens is 4. The summed E-state index contributed by atoms with van der Waals surface area (Å²) in [5.74, 6) is -1.32. The second kappa shape index (κ2) is 3.39. The molecule has 0 aliphatic carbocycles. The molecule has 0 aliphatic rings. The van der Waals surface area contributed by atoms with Crippen LogP contribution in [0.1, 0.15) is 25.2 Å². The van der Waals surface area contributed by atoms with E-state index in [9.17, 15) is 13.2 Å². The Hall–Kier alpha value is -1.70. The minimum atomic E-state index is -4.58. The van der Waals surface area contributed by atoms with Gasteiger partial charge < -0.3 is 5.73 Å². The van der Waals surface area contributed by atoms with Crippen LogP contribution in [0.5, 0.6) is 0 Å². The quantitative estimate of drug-likeness (QED) is 0.823. The van der Waals surface area contributed by atoms with Gasteiger partial charge in [0.15, 0.2) is 0 Å². The minimum Gasteiger partial charge on any atom is -0.322 e. The van der Waals surface area contributed by atoms with E-state index in [1.807, 2.05) is 0 Å². The van der Waals surface area contributed by atoms with Crippen LogP contribution < -0.4 is 5.73 Å². The summed E-state index contributed by atoms with van der Waals surface area (Å²) >= 11 is 0. The maximum absolute atomic E-state index is 12.4. The molecule has 0 saturated carbocycles. The van der Waals surface area contributed by atoms with E-state index in [0.717, 1.165) is 4.52 Å². The van der Waals surface area contributed by atoms with Crippen molar-refractivity contribution >= 4 is 5.78 Å². The molecule has 0 bridgehead atoms. The summed E-state index contributed by atoms with van der Waals surface area (Å²) in [6.45, 7) is 3.44. The molecule has 2 heterocycles. The maximum Gasteiger partial charge on any atom is 0.453 e. The second-order valence-electron chi connectivity index (χ2n) is 4.24. The first kappa shape index (κ1) is 11.8. The van der Waals surface area contributed by atoms with Crippen molar-refractivity contribution in [1.29, 1.82) is 0 Å². The zero-order valence-electron chi connectivity index (χ0n) is 9.15. The van der Waals surface area contributed by atoms with Gasteiger partial charge in [0.2, 0.25) is 0 Å². The molecule has 0 aromatic carbocycles. The first-order chi connectivity index (χ1) is 7.68. The van der Waals surface area contributed by atoms with Gasteiger partial charge in [0.25, 0.3) is 11.6 Å². The Morgan fingerprint density at radius 1 is 1.29 bits per heavy atom. The van der Waals surface area contributed by atoms with Crippen molar-refractivity contribution in [3.63, 3.8) is 0 Å². The molecule has 0 unspecified atom stereocenters. The molecule has 2 N–H and O–H groups in total. The van der Waals surface area contributed by atoms with Gasteiger partial charge in [-0.3, -0.25) is 0 Å². The van der Waals surface area contributed by atoms with Crippen LogP contribution >= 0.6 is 0 Å². The van der Waals surface area contributed by atoms with Crippen molar-refractivity contribution in [2.45, 2.75) is 25.6 Å². The minimum absolute atomic E-state index is 0.106. The van der Waals surface area contributed by atoms with E-state index < -0.39 is 17.5 Å². The van der Waals surface area contributed by atoms with Crippen molar-refractivity contribution in [3.05, 3.63) is 23.8 Å². The zero-order chi connectivity index (χ0) is 12.8. The molecule has 5 nitrogen and oxygen atoms in total. The van der Waals surface area contributed by atoms with Crippen LogP contribution in [-0.2, 0) is 11.7 Å². The van der Waals surface area contributed by atoms with E-state index in [1.165, 1.54) is 12.4 Å². The largest absolute Gasteiger partial charge is 0.453 e. The summed E-state index contributed by atoms with van der Waals surface area (Å²) in [5, 5.41) is 3.32. The van der Waals surface area contributed by atoms with Crippen molar-refractivity contribution in [1.82, 2.24) is 19.6 Å². The van der Waals surface area contributed by atoms with E-state index >= 15 is 0 Å². The Labute approximate surface area is 94.5 Å². The third-order valence-electron chi connectivity index (χ3n) is 2.19. The van der Waals surface area contributed by atoms with Crippen LogP contribution in [0.4, 0.5) is 13.2 Å². The lowest BCUT2D eigenvalue weighted by Crippen LogP contribution is -2.29. The number of halogens is 3. The SMILES string of the molecule is CC(C)(N)c1cnc2nc(C(F)(F)F)nn2c1. The molecule has 0 spiro atoms. The molecule has 92 valence electrons. The number of alkyl halides is 3. The lowest BCUT2D eigenvalue weighted by Gasteiger charge is -2.17. The van der Waals surface area contributed by atoms with Crippen molar-refractivity contribution in [2.24, 2.45) is 5.73 Å². The molecule has 0 aliphatic heterocycles. The molecule has 0 atom stereocenters. The molecule has 0 amide bonds. The lowest BCUT2D eigenvalue weighted by molar-refractivity contribution is -0.144. The highest BCUT2D eigenvalue weighted by Gasteiger charge is 2.36. The molecule has 17 heavy (non-hydrogen) atoms. The average Bonchev–Trinajstić information content (AvgIpc) is 2.57. The first-order valence-electron chi connectivity index (χ1n) is 4.77. The van der Waals surface area contributed by atoms with Crippen molar-refractivity contribution in [3.8, 4) is 0 Å². The van der Waals surface area contributed by atoms with Crippen LogP contribution in [-0.4, -0.2) is 19.6 Å². The van der Waals surface area contributed by atoms with E-state index in [0.29, 0.717) is 5.56 Å². The second-order valence-corrected chi connectivity index (χ2v) is 4.24. The van der Waals surface area contributed by atoms with E-state index in [1.54, 1.807) is 13.8 Å². The normalized spacial score (nSPS) is 13.3. The molecule has 0 radical (unpaired) electrons. The van der Waals surface area contributed by atoms with Gasteiger partial charge in [-0.25, -0.2) is 9.50 Å². The smallest absolute Gasteiger partial charge is 0.322 e. The van der Waals surface area contributed by atoms with Gasteiger partial charge in [-0.2, -0.15) is 18.2 Å². The summed E-state index contributed by atoms with van der Waals surface area (Å²) in [5.41, 5.74) is 5.69. The van der Waals surface area contributed by atoms with Crippen LogP contribution in [0.15, 0.2) is 12.4 Å². The fourth-order valence-electron chi connectivity index (χ4n) is 1.23. The predicted molar refractivity (Wildman–Crippen MR) is 53.0 cm³/mol. The summed E-state index contributed by atoms with van der Waals surface area (Å²) in [6, 6.07) is 0. The van der Waals surface area contributed by atoms with Crippen LogP contribution in [0, 0.1) is 0 Å². The highest BCUT2D eigenvalue weighted by Crippen LogP contribution is 2.26. The summed E-state index contributed by atoms with van der Waals surface area (Å²) < 4.78 is 38.1. The summed E-state index contributed by atoms with van der Waals surface area (Å²) in [7, 11) is 0. The average molecular weight is 245 g/mol. The number of hydrogen-bond acceptors (Lipinski definition) is 4. The molecule has 2 aromatic heterocycles. The third-order valence-corrected chi connectivity index (χ3v) is 2.19. The fraction of sp³-hybridized carbons (Fsp3) is 0.444. The number of nitrogens with zero attached hydrogens (tertiary/aromatic N) is 4. The van der Waals surface area contributed by atoms with E-state index in [2.05, 4.69) is 15.1 Å². The molecular weight excluding hydrogens is 235 g/mol. The predicted octanol–water partition coefficient (Wildman–Crippen LogP) is 1.34. The molecule has 8 heteroatoms. The Morgan fingerprint density at radius 3 is 2.47 bits per heavy atom. The monoisotopic (exact) mass is 245 g/mol. The highest BCUT2D eigenvalue weighted by molar-refractivity contribution is 5.30. The van der Waals surface area contributed by atoms with Gasteiger partial charge in [-0.15, -0.1) is 5.10 Å². The van der Waals surface area contributed by atoms with Gasteiger partial charge in [0.05, 0.1) is 0 Å². The van der Waals surface area contributed by atoms with Crippen molar-refractivity contribution < 1.29 is 13.2 Å². The number of rotatable bonds is 1. The van der Waals surface area contributed by atoms with Gasteiger partial charge >= 0.3 is 6.18 Å². The number of hydrogen-bond donors (Lipinski definition) is 1. The van der Waals surface area contributed by atoms with Gasteiger partial charge in [-0.05, 0) is 13.8 Å². The van der Waals surface area contributed by atoms with Gasteiger partial charge in [0, 0.05) is 23.5 Å². The number of nitrogens with two attached hydrogens (primary N) is 1. The fourth-order valence-corrected chi connectivity index (χ4v) is 1.23. The third kappa shape index (κ3) is 2.21. The maximum atomic E-state index is 12.4. The number of fused-ring (bicyclic) bond motifs is 1. The summed E-state index contributed by atoms with van der Waals surface area (Å²) in [6.07, 6.45) is -1.79. The molecule has 0 fully saturated rings. The van der Waals surface area contributed by atoms with Gasteiger partial charge in [0.1, 0.15) is 0 Å². The molecule has 2 aromatic rings. The standard InChI is InChI=1S/C9H10F3N5/c1-8(2,13)5-3-14-7-15-6(9(10,11)12)16-17(7)4-5/h3-4H,13H2,1-2H3. The zero-order valence-corrected chi connectivity index (χ0v) is 9.15. The van der Waals surface area contributed by atoms with E-state index in [4.69, 9.17) is 5.73 Å². The van der Waals surface area contributed by atoms with E-state index in [-0.39, 0.29) is 5.78 Å². The Bertz CT molecular complexity index is 540. The van der Waals surface area contributed by atoms with Crippen LogP contribution in [0.3, 0.4) is 0 Å². The highest BCUT2D eigenvalue weighted by atomic mass is 19.4. The Balaban J connectivity index is 2.56. The van der Waals surface area contributed by atoms with Crippen LogP contribution in [0.2, 0.25) is 0 Å². The Morgan fingerprint density at radius 2 is 1.94 bits per heavy atom. The van der Waals surface area contributed by atoms with Crippen molar-refractivity contribution in [2.75, 3.05) is 0 Å².